The Kier molecular flexibility index (Phi) is 7.68. The zero-order chi connectivity index (χ0) is 25.8. The van der Waals surface area contributed by atoms with Crippen LogP contribution in [0.4, 0.5) is 11.5 Å². The highest BCUT2D eigenvalue weighted by Crippen LogP contribution is 2.26. The van der Waals surface area contributed by atoms with Crippen molar-refractivity contribution in [2.24, 2.45) is 5.92 Å². The highest BCUT2D eigenvalue weighted by atomic mass is 16.6. The number of carbonyl (C=O) groups is 2. The Bertz CT molecular complexity index is 1210. The first-order valence-corrected chi connectivity index (χ1v) is 11.4. The van der Waals surface area contributed by atoms with Gasteiger partial charge in [-0.2, -0.15) is 5.10 Å². The molecule has 9 nitrogen and oxygen atoms in total. The molecule has 2 amide bonds. The van der Waals surface area contributed by atoms with Crippen LogP contribution in [0.5, 0.6) is 0 Å². The van der Waals surface area contributed by atoms with E-state index in [1.807, 2.05) is 71.0 Å². The first-order chi connectivity index (χ1) is 16.5. The topological polar surface area (TPSA) is 110 Å². The minimum Gasteiger partial charge on any atom is -0.329 e. The molecule has 0 fully saturated rings. The van der Waals surface area contributed by atoms with Crippen LogP contribution in [0.25, 0.3) is 5.69 Å². The second-order valence-electron chi connectivity index (χ2n) is 9.85. The molecular weight excluding hydrogens is 446 g/mol. The van der Waals surface area contributed by atoms with E-state index in [1.54, 1.807) is 4.68 Å². The van der Waals surface area contributed by atoms with Crippen molar-refractivity contribution in [3.05, 3.63) is 82.0 Å². The average molecular weight is 478 g/mol. The summed E-state index contributed by atoms with van der Waals surface area (Å²) in [7, 11) is 0. The van der Waals surface area contributed by atoms with E-state index < -0.39 is 10.8 Å². The fourth-order valence-electron chi connectivity index (χ4n) is 3.55. The normalized spacial score (nSPS) is 11.4. The summed E-state index contributed by atoms with van der Waals surface area (Å²) in [6.07, 6.45) is 0. The van der Waals surface area contributed by atoms with Gasteiger partial charge in [-0.3, -0.25) is 19.7 Å². The van der Waals surface area contributed by atoms with Crippen LogP contribution < -0.4 is 5.32 Å². The van der Waals surface area contributed by atoms with Gasteiger partial charge in [-0.25, -0.2) is 4.68 Å². The summed E-state index contributed by atoms with van der Waals surface area (Å²) in [6, 6.07) is 16.8. The number of nitrogens with one attached hydrogen (secondary N) is 1. The van der Waals surface area contributed by atoms with Gasteiger partial charge in [-0.15, -0.1) is 0 Å². The monoisotopic (exact) mass is 477 g/mol. The van der Waals surface area contributed by atoms with Crippen molar-refractivity contribution in [1.82, 2.24) is 14.7 Å². The lowest BCUT2D eigenvalue weighted by atomic mass is 9.92. The molecule has 1 N–H and O–H groups in total. The van der Waals surface area contributed by atoms with E-state index in [4.69, 9.17) is 5.10 Å². The van der Waals surface area contributed by atoms with Crippen molar-refractivity contribution in [2.45, 2.75) is 40.0 Å². The third-order valence-electron chi connectivity index (χ3n) is 5.26. The molecule has 1 aromatic heterocycles. The SMILES string of the molecule is CC(C)CN(CC(=O)Nc1cc(C(C)(C)C)nn1-c1ccccc1)C(=O)c1cccc([N+](=O)[O-])c1. The van der Waals surface area contributed by atoms with E-state index in [0.29, 0.717) is 12.4 Å². The van der Waals surface area contributed by atoms with Gasteiger partial charge < -0.3 is 10.2 Å². The maximum Gasteiger partial charge on any atom is 0.270 e. The van der Waals surface area contributed by atoms with Gasteiger partial charge in [0, 0.05) is 35.7 Å². The Morgan fingerprint density at radius 1 is 1.09 bits per heavy atom. The van der Waals surface area contributed by atoms with Gasteiger partial charge in [-0.1, -0.05) is 58.9 Å². The van der Waals surface area contributed by atoms with Crippen molar-refractivity contribution >= 4 is 23.3 Å². The largest absolute Gasteiger partial charge is 0.329 e. The van der Waals surface area contributed by atoms with E-state index in [2.05, 4.69) is 5.32 Å². The number of nitro groups is 1. The average Bonchev–Trinajstić information content (AvgIpc) is 3.22. The van der Waals surface area contributed by atoms with Crippen LogP contribution in [-0.2, 0) is 10.2 Å². The van der Waals surface area contributed by atoms with Crippen molar-refractivity contribution in [3.8, 4) is 5.69 Å². The number of aromatic nitrogens is 2. The number of carbonyl (C=O) groups excluding carboxylic acids is 2. The molecule has 0 atom stereocenters. The number of amides is 2. The van der Waals surface area contributed by atoms with Crippen LogP contribution >= 0.6 is 0 Å². The number of anilines is 1. The number of rotatable bonds is 8. The molecule has 184 valence electrons. The molecule has 1 heterocycles. The fraction of sp³-hybridized carbons (Fsp3) is 0.346. The van der Waals surface area contributed by atoms with Gasteiger partial charge in [0.15, 0.2) is 0 Å². The number of hydrogen-bond donors (Lipinski definition) is 1. The molecule has 9 heteroatoms. The number of nitrogens with zero attached hydrogens (tertiary/aromatic N) is 4. The second kappa shape index (κ2) is 10.5. The summed E-state index contributed by atoms with van der Waals surface area (Å²) in [4.78, 5) is 38.3. The Morgan fingerprint density at radius 2 is 1.77 bits per heavy atom. The highest BCUT2D eigenvalue weighted by molar-refractivity contribution is 5.99. The molecular formula is C26H31N5O4. The number of hydrogen-bond acceptors (Lipinski definition) is 5. The molecule has 0 aliphatic heterocycles. The van der Waals surface area contributed by atoms with E-state index in [1.165, 1.54) is 29.2 Å². The van der Waals surface area contributed by atoms with Crippen LogP contribution in [0.1, 0.15) is 50.7 Å². The van der Waals surface area contributed by atoms with Crippen LogP contribution in [-0.4, -0.2) is 44.5 Å². The van der Waals surface area contributed by atoms with Crippen molar-refractivity contribution in [1.29, 1.82) is 0 Å². The Balaban J connectivity index is 1.86. The number of non-ortho nitro benzene ring substituents is 1. The standard InChI is InChI=1S/C26H31N5O4/c1-18(2)16-29(25(33)19-10-9-13-21(14-19)31(34)35)17-24(32)27-23-15-22(26(3,4)5)28-30(23)20-11-7-6-8-12-20/h6-15,18H,16-17H2,1-5H3,(H,27,32). The minimum atomic E-state index is -0.548. The quantitative estimate of drug-likeness (QED) is 0.370. The number of benzene rings is 2. The van der Waals surface area contributed by atoms with Crippen LogP contribution in [0.15, 0.2) is 60.7 Å². The van der Waals surface area contributed by atoms with E-state index in [9.17, 15) is 19.7 Å². The molecule has 0 aliphatic rings. The molecule has 0 radical (unpaired) electrons. The van der Waals surface area contributed by atoms with Crippen LogP contribution in [0.3, 0.4) is 0 Å². The molecule has 35 heavy (non-hydrogen) atoms. The molecule has 0 bridgehead atoms. The lowest BCUT2D eigenvalue weighted by Crippen LogP contribution is -2.40. The molecule has 0 unspecified atom stereocenters. The molecule has 3 rings (SSSR count). The van der Waals surface area contributed by atoms with Crippen molar-refractivity contribution in [2.75, 3.05) is 18.4 Å². The third-order valence-corrected chi connectivity index (χ3v) is 5.26. The maximum absolute atomic E-state index is 13.2. The Labute approximate surface area is 204 Å². The first kappa shape index (κ1) is 25.6. The van der Waals surface area contributed by atoms with Gasteiger partial charge in [0.1, 0.15) is 12.4 Å². The lowest BCUT2D eigenvalue weighted by Gasteiger charge is -2.24. The molecule has 0 spiro atoms. The van der Waals surface area contributed by atoms with Gasteiger partial charge >= 0.3 is 0 Å². The van der Waals surface area contributed by atoms with Gasteiger partial charge in [-0.05, 0) is 24.1 Å². The third kappa shape index (κ3) is 6.53. The predicted octanol–water partition coefficient (Wildman–Crippen LogP) is 4.81. The van der Waals surface area contributed by atoms with E-state index in [-0.39, 0.29) is 35.0 Å². The van der Waals surface area contributed by atoms with Gasteiger partial charge in [0.2, 0.25) is 5.91 Å². The van der Waals surface area contributed by atoms with Crippen molar-refractivity contribution in [3.63, 3.8) is 0 Å². The predicted molar refractivity (Wildman–Crippen MR) is 135 cm³/mol. The lowest BCUT2D eigenvalue weighted by molar-refractivity contribution is -0.384. The summed E-state index contributed by atoms with van der Waals surface area (Å²) >= 11 is 0. The highest BCUT2D eigenvalue weighted by Gasteiger charge is 2.24. The van der Waals surface area contributed by atoms with Crippen LogP contribution in [0, 0.1) is 16.0 Å². The fourth-order valence-corrected chi connectivity index (χ4v) is 3.55. The van der Waals surface area contributed by atoms with Gasteiger partial charge in [0.05, 0.1) is 16.3 Å². The number of para-hydroxylation sites is 1. The smallest absolute Gasteiger partial charge is 0.270 e. The summed E-state index contributed by atoms with van der Waals surface area (Å²) in [5.74, 6) is -0.238. The van der Waals surface area contributed by atoms with E-state index >= 15 is 0 Å². The van der Waals surface area contributed by atoms with Crippen molar-refractivity contribution < 1.29 is 14.5 Å². The number of nitro benzene ring substituents is 1. The summed E-state index contributed by atoms with van der Waals surface area (Å²) in [5.41, 5.74) is 1.36. The Morgan fingerprint density at radius 3 is 2.37 bits per heavy atom. The summed E-state index contributed by atoms with van der Waals surface area (Å²) in [6.45, 7) is 10.1. The second-order valence-corrected chi connectivity index (χ2v) is 9.85. The first-order valence-electron chi connectivity index (χ1n) is 11.4. The van der Waals surface area contributed by atoms with Gasteiger partial charge in [0.25, 0.3) is 11.6 Å². The van der Waals surface area contributed by atoms with Crippen LogP contribution in [0.2, 0.25) is 0 Å². The molecule has 0 saturated carbocycles. The molecule has 0 aliphatic carbocycles. The summed E-state index contributed by atoms with van der Waals surface area (Å²) < 4.78 is 1.67. The zero-order valence-electron chi connectivity index (χ0n) is 20.7. The molecule has 0 saturated heterocycles. The maximum atomic E-state index is 13.2. The molecule has 2 aromatic carbocycles. The zero-order valence-corrected chi connectivity index (χ0v) is 20.7. The van der Waals surface area contributed by atoms with E-state index in [0.717, 1.165) is 11.4 Å². The molecule has 3 aromatic rings. The Hall–Kier alpha value is -4.01. The minimum absolute atomic E-state index is 0.0905. The summed E-state index contributed by atoms with van der Waals surface area (Å²) in [5, 5.41) is 18.7.